The number of nitrogens with two attached hydrogens (primary N) is 1. The lowest BCUT2D eigenvalue weighted by Crippen LogP contribution is -2.27. The molecule has 0 saturated heterocycles. The van der Waals surface area contributed by atoms with Gasteiger partial charge in [0.2, 0.25) is 0 Å². The van der Waals surface area contributed by atoms with Gasteiger partial charge in [0.1, 0.15) is 5.56 Å². The number of H-pyrrole nitrogens is 1. The monoisotopic (exact) mass is 351 g/mol. The third-order valence-electron chi connectivity index (χ3n) is 4.37. The van der Waals surface area contributed by atoms with Crippen molar-refractivity contribution in [2.75, 3.05) is 6.61 Å². The molecule has 6 nitrogen and oxygen atoms in total. The molecule has 6 heteroatoms. The zero-order valence-corrected chi connectivity index (χ0v) is 14.5. The summed E-state index contributed by atoms with van der Waals surface area (Å²) in [5.41, 5.74) is 8.48. The number of aliphatic hydroxyl groups is 1. The molecule has 134 valence electrons. The summed E-state index contributed by atoms with van der Waals surface area (Å²) < 4.78 is 0. The van der Waals surface area contributed by atoms with Crippen molar-refractivity contribution in [1.82, 2.24) is 9.97 Å². The van der Waals surface area contributed by atoms with Gasteiger partial charge in [-0.15, -0.1) is 0 Å². The van der Waals surface area contributed by atoms with E-state index in [1.807, 2.05) is 43.3 Å². The number of primary amides is 1. The Kier molecular flexibility index (Phi) is 5.14. The largest absolute Gasteiger partial charge is 0.396 e. The van der Waals surface area contributed by atoms with Gasteiger partial charge in [-0.2, -0.15) is 0 Å². The van der Waals surface area contributed by atoms with Crippen LogP contribution >= 0.6 is 0 Å². The van der Waals surface area contributed by atoms with Crippen LogP contribution in [-0.4, -0.2) is 27.6 Å². The Morgan fingerprint density at radius 3 is 2.65 bits per heavy atom. The maximum absolute atomic E-state index is 12.4. The zero-order valence-electron chi connectivity index (χ0n) is 14.5. The number of benzene rings is 1. The summed E-state index contributed by atoms with van der Waals surface area (Å²) in [7, 11) is 0. The van der Waals surface area contributed by atoms with Crippen LogP contribution in [0.15, 0.2) is 47.4 Å². The number of hydrogen-bond acceptors (Lipinski definition) is 4. The van der Waals surface area contributed by atoms with E-state index in [4.69, 9.17) is 5.73 Å². The van der Waals surface area contributed by atoms with E-state index >= 15 is 0 Å². The summed E-state index contributed by atoms with van der Waals surface area (Å²) in [6.07, 6.45) is 2.78. The van der Waals surface area contributed by atoms with Crippen LogP contribution in [0.1, 0.15) is 34.0 Å². The van der Waals surface area contributed by atoms with E-state index in [2.05, 4.69) is 9.97 Å². The molecule has 0 spiro atoms. The van der Waals surface area contributed by atoms with E-state index in [-0.39, 0.29) is 18.1 Å². The molecule has 3 aromatic rings. The zero-order chi connectivity index (χ0) is 18.7. The van der Waals surface area contributed by atoms with E-state index in [0.29, 0.717) is 29.4 Å². The third kappa shape index (κ3) is 3.65. The summed E-state index contributed by atoms with van der Waals surface area (Å²) in [6.45, 7) is 1.78. The van der Waals surface area contributed by atoms with Crippen molar-refractivity contribution in [3.8, 4) is 0 Å². The van der Waals surface area contributed by atoms with Crippen LogP contribution < -0.4 is 11.3 Å². The van der Waals surface area contributed by atoms with Gasteiger partial charge in [-0.3, -0.25) is 14.6 Å². The highest BCUT2D eigenvalue weighted by Crippen LogP contribution is 2.21. The fourth-order valence-corrected chi connectivity index (χ4v) is 3.08. The number of aromatic nitrogens is 2. The number of rotatable bonds is 6. The first kappa shape index (κ1) is 17.8. The minimum absolute atomic E-state index is 0.0570. The van der Waals surface area contributed by atoms with Crippen molar-refractivity contribution in [2.24, 2.45) is 11.7 Å². The van der Waals surface area contributed by atoms with E-state index in [1.54, 1.807) is 6.20 Å². The van der Waals surface area contributed by atoms with E-state index < -0.39 is 11.5 Å². The molecule has 1 atom stereocenters. The predicted molar refractivity (Wildman–Crippen MR) is 100 cm³/mol. The van der Waals surface area contributed by atoms with Gasteiger partial charge in [-0.25, -0.2) is 0 Å². The molecule has 4 N–H and O–H groups in total. The van der Waals surface area contributed by atoms with Crippen LogP contribution in [0, 0.1) is 5.92 Å². The molecule has 0 saturated carbocycles. The minimum Gasteiger partial charge on any atom is -0.396 e. The summed E-state index contributed by atoms with van der Waals surface area (Å²) in [5, 5.41) is 9.35. The summed E-state index contributed by atoms with van der Waals surface area (Å²) in [6, 6.07) is 11.8. The number of nitrogens with zero attached hydrogens (tertiary/aromatic N) is 1. The molecule has 3 rings (SSSR count). The predicted octanol–water partition coefficient (Wildman–Crippen LogP) is 1.78. The van der Waals surface area contributed by atoms with Gasteiger partial charge in [-0.1, -0.05) is 37.3 Å². The number of carbonyl (C=O) groups excluding carboxylic acids is 1. The molecular formula is C20H21N3O3. The maximum atomic E-state index is 12.4. The Labute approximate surface area is 150 Å². The molecule has 26 heavy (non-hydrogen) atoms. The van der Waals surface area contributed by atoms with Gasteiger partial charge in [0.25, 0.3) is 11.5 Å². The standard InChI is InChI=1S/C20H21N3O3/c1-12(11-24)7-15-17(19(21)25)20(26)23-16-9-14(10-22-18(15)16)8-13-5-3-2-4-6-13/h2-6,9-10,12,24H,7-8,11H2,1H3,(H2,21,25)(H,23,26). The number of hydrogen-bond donors (Lipinski definition) is 3. The molecule has 1 unspecified atom stereocenters. The highest BCUT2D eigenvalue weighted by Gasteiger charge is 2.20. The normalized spacial score (nSPS) is 12.2. The topological polar surface area (TPSA) is 109 Å². The van der Waals surface area contributed by atoms with Gasteiger partial charge < -0.3 is 15.8 Å². The van der Waals surface area contributed by atoms with Crippen LogP contribution in [0.25, 0.3) is 11.0 Å². The summed E-state index contributed by atoms with van der Waals surface area (Å²) in [5.74, 6) is -0.910. The fraction of sp³-hybridized carbons (Fsp3) is 0.250. The molecule has 0 fully saturated rings. The average molecular weight is 351 g/mol. The molecule has 0 radical (unpaired) electrons. The molecule has 2 aromatic heterocycles. The molecule has 1 aromatic carbocycles. The van der Waals surface area contributed by atoms with E-state index in [9.17, 15) is 14.7 Å². The lowest BCUT2D eigenvalue weighted by molar-refractivity contribution is 0.0997. The number of carbonyl (C=O) groups is 1. The quantitative estimate of drug-likeness (QED) is 0.629. The van der Waals surface area contributed by atoms with Gasteiger partial charge >= 0.3 is 0 Å². The molecule has 0 aliphatic heterocycles. The van der Waals surface area contributed by atoms with Crippen LogP contribution in [0.5, 0.6) is 0 Å². The summed E-state index contributed by atoms with van der Waals surface area (Å²) in [4.78, 5) is 31.4. The first-order valence-electron chi connectivity index (χ1n) is 8.48. The minimum atomic E-state index is -0.788. The van der Waals surface area contributed by atoms with Crippen molar-refractivity contribution in [2.45, 2.75) is 19.8 Å². The first-order valence-corrected chi connectivity index (χ1v) is 8.48. The average Bonchev–Trinajstić information content (AvgIpc) is 2.61. The Bertz CT molecular complexity index is 996. The third-order valence-corrected chi connectivity index (χ3v) is 4.37. The molecule has 0 bridgehead atoms. The lowest BCUT2D eigenvalue weighted by Gasteiger charge is -2.14. The molecule has 0 aliphatic rings. The Balaban J connectivity index is 2.11. The SMILES string of the molecule is CC(CO)Cc1c(C(N)=O)c(=O)[nH]c2cc(Cc3ccccc3)cnc12. The number of nitrogens with one attached hydrogen (secondary N) is 1. The number of fused-ring (bicyclic) bond motifs is 1. The lowest BCUT2D eigenvalue weighted by atomic mass is 9.96. The van der Waals surface area contributed by atoms with Crippen LogP contribution in [-0.2, 0) is 12.8 Å². The van der Waals surface area contributed by atoms with Gasteiger partial charge in [-0.05, 0) is 41.5 Å². The molecule has 1 amide bonds. The second kappa shape index (κ2) is 7.49. The van der Waals surface area contributed by atoms with Crippen LogP contribution in [0.4, 0.5) is 0 Å². The van der Waals surface area contributed by atoms with Crippen molar-refractivity contribution < 1.29 is 9.90 Å². The molecular weight excluding hydrogens is 330 g/mol. The Morgan fingerprint density at radius 2 is 2.00 bits per heavy atom. The van der Waals surface area contributed by atoms with Gasteiger partial charge in [0.05, 0.1) is 11.0 Å². The Morgan fingerprint density at radius 1 is 1.27 bits per heavy atom. The smallest absolute Gasteiger partial charge is 0.261 e. The number of pyridine rings is 2. The number of aliphatic hydroxyl groups excluding tert-OH is 1. The molecule has 0 aliphatic carbocycles. The van der Waals surface area contributed by atoms with Crippen molar-refractivity contribution in [1.29, 1.82) is 0 Å². The van der Waals surface area contributed by atoms with Crippen molar-refractivity contribution in [3.63, 3.8) is 0 Å². The summed E-state index contributed by atoms with van der Waals surface area (Å²) >= 11 is 0. The Hall–Kier alpha value is -2.99. The first-order chi connectivity index (χ1) is 12.5. The van der Waals surface area contributed by atoms with Crippen LogP contribution in [0.2, 0.25) is 0 Å². The second-order valence-electron chi connectivity index (χ2n) is 6.57. The number of aromatic amines is 1. The van der Waals surface area contributed by atoms with Crippen LogP contribution in [0.3, 0.4) is 0 Å². The number of amides is 1. The highest BCUT2D eigenvalue weighted by atomic mass is 16.3. The van der Waals surface area contributed by atoms with Gasteiger partial charge in [0, 0.05) is 12.8 Å². The van der Waals surface area contributed by atoms with Gasteiger partial charge in [0.15, 0.2) is 0 Å². The van der Waals surface area contributed by atoms with Crippen molar-refractivity contribution in [3.05, 3.63) is 75.2 Å². The fourth-order valence-electron chi connectivity index (χ4n) is 3.08. The highest BCUT2D eigenvalue weighted by molar-refractivity contribution is 5.98. The maximum Gasteiger partial charge on any atom is 0.261 e. The van der Waals surface area contributed by atoms with Crippen molar-refractivity contribution >= 4 is 16.9 Å². The second-order valence-corrected chi connectivity index (χ2v) is 6.57. The van der Waals surface area contributed by atoms with E-state index in [0.717, 1.165) is 11.1 Å². The molecule has 2 heterocycles. The van der Waals surface area contributed by atoms with E-state index in [1.165, 1.54) is 0 Å².